The predicted octanol–water partition coefficient (Wildman–Crippen LogP) is 2.77. The first-order valence-corrected chi connectivity index (χ1v) is 9.08. The van der Waals surface area contributed by atoms with E-state index in [1.807, 2.05) is 0 Å². The molecule has 0 aromatic heterocycles. The van der Waals surface area contributed by atoms with Crippen LogP contribution in [0.2, 0.25) is 0 Å². The Kier molecular flexibility index (Phi) is 6.31. The van der Waals surface area contributed by atoms with E-state index in [-0.39, 0.29) is 6.29 Å². The number of nitrogens with zero attached hydrogens (tertiary/aromatic N) is 2. The number of ether oxygens (including phenoxy) is 2. The molecular weight excluding hydrogens is 288 g/mol. The maximum absolute atomic E-state index is 5.88. The molecule has 2 heterocycles. The van der Waals surface area contributed by atoms with Crippen LogP contribution in [0.15, 0.2) is 24.3 Å². The van der Waals surface area contributed by atoms with Gasteiger partial charge in [0.25, 0.3) is 0 Å². The smallest absolute Gasteiger partial charge is 0.199 e. The van der Waals surface area contributed by atoms with Gasteiger partial charge in [0.1, 0.15) is 5.75 Å². The highest BCUT2D eigenvalue weighted by atomic mass is 16.7. The van der Waals surface area contributed by atoms with E-state index >= 15 is 0 Å². The summed E-state index contributed by atoms with van der Waals surface area (Å²) in [6.45, 7) is 6.87. The van der Waals surface area contributed by atoms with E-state index in [1.165, 1.54) is 51.1 Å². The van der Waals surface area contributed by atoms with Crippen molar-refractivity contribution in [3.63, 3.8) is 0 Å². The molecule has 3 rings (SSSR count). The summed E-state index contributed by atoms with van der Waals surface area (Å²) in [5.74, 6) is 0.930. The van der Waals surface area contributed by atoms with Crippen molar-refractivity contribution in [2.75, 3.05) is 46.4 Å². The first kappa shape index (κ1) is 16.7. The van der Waals surface area contributed by atoms with Crippen LogP contribution in [0.1, 0.15) is 31.2 Å². The highest BCUT2D eigenvalue weighted by molar-refractivity contribution is 5.27. The van der Waals surface area contributed by atoms with E-state index in [2.05, 4.69) is 41.1 Å². The van der Waals surface area contributed by atoms with Gasteiger partial charge in [-0.05, 0) is 57.0 Å². The Labute approximate surface area is 140 Å². The molecule has 23 heavy (non-hydrogen) atoms. The SMILES string of the molecule is CN1CCN(CCCc2ccc(OC3CCCCO3)cc2)CC1. The summed E-state index contributed by atoms with van der Waals surface area (Å²) in [5.41, 5.74) is 1.40. The van der Waals surface area contributed by atoms with Gasteiger partial charge in [-0.3, -0.25) is 0 Å². The average molecular weight is 318 g/mol. The van der Waals surface area contributed by atoms with Gasteiger partial charge < -0.3 is 19.3 Å². The minimum Gasteiger partial charge on any atom is -0.465 e. The summed E-state index contributed by atoms with van der Waals surface area (Å²) in [7, 11) is 2.21. The Morgan fingerprint density at radius 2 is 1.87 bits per heavy atom. The second-order valence-electron chi connectivity index (χ2n) is 6.81. The average Bonchev–Trinajstić information content (AvgIpc) is 2.59. The number of likely N-dealkylation sites (N-methyl/N-ethyl adjacent to an activating group) is 1. The molecule has 0 N–H and O–H groups in total. The number of piperazine rings is 1. The van der Waals surface area contributed by atoms with E-state index in [4.69, 9.17) is 9.47 Å². The van der Waals surface area contributed by atoms with Crippen molar-refractivity contribution in [3.05, 3.63) is 29.8 Å². The van der Waals surface area contributed by atoms with Crippen molar-refractivity contribution >= 4 is 0 Å². The normalized spacial score (nSPS) is 23.8. The monoisotopic (exact) mass is 318 g/mol. The summed E-state index contributed by atoms with van der Waals surface area (Å²) in [6, 6.07) is 8.57. The molecule has 2 saturated heterocycles. The molecule has 0 bridgehead atoms. The molecule has 1 aromatic carbocycles. The zero-order valence-corrected chi connectivity index (χ0v) is 14.4. The van der Waals surface area contributed by atoms with Crippen molar-refractivity contribution in [1.29, 1.82) is 0 Å². The van der Waals surface area contributed by atoms with E-state index in [0.29, 0.717) is 0 Å². The number of hydrogen-bond acceptors (Lipinski definition) is 4. The zero-order chi connectivity index (χ0) is 15.9. The van der Waals surface area contributed by atoms with Crippen LogP contribution in [0.25, 0.3) is 0 Å². The first-order valence-electron chi connectivity index (χ1n) is 9.08. The second kappa shape index (κ2) is 8.67. The number of aryl methyl sites for hydroxylation is 1. The van der Waals surface area contributed by atoms with E-state index in [9.17, 15) is 0 Å². The third-order valence-corrected chi connectivity index (χ3v) is 4.86. The summed E-state index contributed by atoms with van der Waals surface area (Å²) in [5, 5.41) is 0. The molecule has 1 aromatic rings. The summed E-state index contributed by atoms with van der Waals surface area (Å²) < 4.78 is 11.5. The maximum atomic E-state index is 5.88. The Balaban J connectivity index is 1.37. The van der Waals surface area contributed by atoms with Gasteiger partial charge in [-0.25, -0.2) is 0 Å². The molecule has 0 amide bonds. The van der Waals surface area contributed by atoms with Gasteiger partial charge in [0, 0.05) is 32.6 Å². The minimum atomic E-state index is -0.0492. The molecule has 1 atom stereocenters. The highest BCUT2D eigenvalue weighted by Gasteiger charge is 2.15. The lowest BCUT2D eigenvalue weighted by atomic mass is 10.1. The molecule has 2 aliphatic heterocycles. The molecule has 2 aliphatic rings. The van der Waals surface area contributed by atoms with Crippen LogP contribution in [0.3, 0.4) is 0 Å². The molecule has 2 fully saturated rings. The summed E-state index contributed by atoms with van der Waals surface area (Å²) in [6.07, 6.45) is 5.70. The lowest BCUT2D eigenvalue weighted by Gasteiger charge is -2.32. The largest absolute Gasteiger partial charge is 0.465 e. The topological polar surface area (TPSA) is 24.9 Å². The van der Waals surface area contributed by atoms with Crippen LogP contribution < -0.4 is 4.74 Å². The van der Waals surface area contributed by atoms with Crippen LogP contribution in [0.5, 0.6) is 5.75 Å². The van der Waals surface area contributed by atoms with E-state index in [0.717, 1.165) is 31.6 Å². The fraction of sp³-hybridized carbons (Fsp3) is 0.684. The first-order chi connectivity index (χ1) is 11.3. The van der Waals surface area contributed by atoms with Crippen molar-refractivity contribution < 1.29 is 9.47 Å². The van der Waals surface area contributed by atoms with Crippen LogP contribution in [-0.2, 0) is 11.2 Å². The van der Waals surface area contributed by atoms with E-state index < -0.39 is 0 Å². The number of benzene rings is 1. The zero-order valence-electron chi connectivity index (χ0n) is 14.4. The molecule has 4 heteroatoms. The van der Waals surface area contributed by atoms with Crippen LogP contribution in [0.4, 0.5) is 0 Å². The third-order valence-electron chi connectivity index (χ3n) is 4.86. The van der Waals surface area contributed by atoms with Crippen LogP contribution >= 0.6 is 0 Å². The third kappa shape index (κ3) is 5.48. The van der Waals surface area contributed by atoms with Gasteiger partial charge in [0.05, 0.1) is 6.61 Å². The summed E-state index contributed by atoms with van der Waals surface area (Å²) >= 11 is 0. The number of rotatable bonds is 6. The fourth-order valence-corrected chi connectivity index (χ4v) is 3.27. The standard InChI is InChI=1S/C19H30N2O2/c1-20-12-14-21(15-13-20)11-4-5-17-7-9-18(10-8-17)23-19-6-2-3-16-22-19/h7-10,19H,2-6,11-16H2,1H3. The summed E-state index contributed by atoms with van der Waals surface area (Å²) in [4.78, 5) is 4.99. The van der Waals surface area contributed by atoms with Crippen molar-refractivity contribution in [2.24, 2.45) is 0 Å². The van der Waals surface area contributed by atoms with Crippen LogP contribution in [0, 0.1) is 0 Å². The van der Waals surface area contributed by atoms with Gasteiger partial charge in [-0.1, -0.05) is 12.1 Å². The van der Waals surface area contributed by atoms with Crippen LogP contribution in [-0.4, -0.2) is 62.5 Å². The molecule has 0 aliphatic carbocycles. The minimum absolute atomic E-state index is 0.0492. The van der Waals surface area contributed by atoms with E-state index in [1.54, 1.807) is 0 Å². The van der Waals surface area contributed by atoms with Gasteiger partial charge in [0.15, 0.2) is 6.29 Å². The Morgan fingerprint density at radius 1 is 1.09 bits per heavy atom. The lowest BCUT2D eigenvalue weighted by molar-refractivity contribution is -0.105. The quantitative estimate of drug-likeness (QED) is 0.805. The Bertz CT molecular complexity index is 449. The van der Waals surface area contributed by atoms with Gasteiger partial charge >= 0.3 is 0 Å². The fourth-order valence-electron chi connectivity index (χ4n) is 3.27. The van der Waals surface area contributed by atoms with Gasteiger partial charge in [0.2, 0.25) is 0 Å². The molecule has 0 spiro atoms. The number of hydrogen-bond donors (Lipinski definition) is 0. The lowest BCUT2D eigenvalue weighted by Crippen LogP contribution is -2.44. The molecule has 0 radical (unpaired) electrons. The van der Waals surface area contributed by atoms with Crippen molar-refractivity contribution in [1.82, 2.24) is 9.80 Å². The van der Waals surface area contributed by atoms with Crippen molar-refractivity contribution in [3.8, 4) is 5.75 Å². The Morgan fingerprint density at radius 3 is 2.57 bits per heavy atom. The van der Waals surface area contributed by atoms with Crippen molar-refractivity contribution in [2.45, 2.75) is 38.4 Å². The maximum Gasteiger partial charge on any atom is 0.199 e. The molecule has 0 saturated carbocycles. The molecular formula is C19H30N2O2. The highest BCUT2D eigenvalue weighted by Crippen LogP contribution is 2.20. The molecule has 128 valence electrons. The van der Waals surface area contributed by atoms with Gasteiger partial charge in [-0.15, -0.1) is 0 Å². The predicted molar refractivity (Wildman–Crippen MR) is 92.9 cm³/mol. The Hall–Kier alpha value is -1.10. The second-order valence-corrected chi connectivity index (χ2v) is 6.81. The molecule has 4 nitrogen and oxygen atoms in total. The molecule has 1 unspecified atom stereocenters. The van der Waals surface area contributed by atoms with Gasteiger partial charge in [-0.2, -0.15) is 0 Å².